The smallest absolute Gasteiger partial charge is 0.327 e. The van der Waals surface area contributed by atoms with Crippen molar-refractivity contribution in [1.82, 2.24) is 84.7 Å². The predicted octanol–water partition coefficient (Wildman–Crippen LogP) is -0.711. The first-order chi connectivity index (χ1) is 61.6. The monoisotopic (exact) mass is 1840 g/mol. The molecule has 19 N–H and O–H groups in total. The van der Waals surface area contributed by atoms with Crippen molar-refractivity contribution in [3.05, 3.63) is 137 Å². The zero-order valence-corrected chi connectivity index (χ0v) is 75.9. The maximum Gasteiger partial charge on any atom is 0.327 e. The molecule has 0 saturated carbocycles. The van der Waals surface area contributed by atoms with Crippen LogP contribution in [0.4, 0.5) is 0 Å². The van der Waals surface area contributed by atoms with Crippen molar-refractivity contribution in [1.29, 1.82) is 0 Å². The van der Waals surface area contributed by atoms with Crippen molar-refractivity contribution in [3.63, 3.8) is 0 Å². The van der Waals surface area contributed by atoms with E-state index in [1.54, 1.807) is 108 Å². The number of carboxylic acids is 2. The van der Waals surface area contributed by atoms with Crippen LogP contribution in [0.15, 0.2) is 115 Å². The number of hydrogen-bond acceptors (Lipinski definition) is 22. The number of allylic oxidation sites excluding steroid dienone is 2. The van der Waals surface area contributed by atoms with E-state index in [0.29, 0.717) is 34.9 Å². The molecule has 0 spiro atoms. The van der Waals surface area contributed by atoms with Crippen molar-refractivity contribution in [2.24, 2.45) is 23.5 Å². The number of carbonyl (C=O) groups excluding carboxylic acids is 18. The number of carbonyl (C=O) groups is 20. The van der Waals surface area contributed by atoms with Gasteiger partial charge in [0.25, 0.3) is 17.7 Å². The first-order valence-electron chi connectivity index (χ1n) is 43.2. The molecule has 7 rings (SSSR count). The van der Waals surface area contributed by atoms with Crippen LogP contribution < -0.4 is 85.5 Å². The highest BCUT2D eigenvalue weighted by molar-refractivity contribution is 8.00. The maximum atomic E-state index is 15.3. The number of benzene rings is 3. The number of rotatable bonds is 32. The van der Waals surface area contributed by atoms with Crippen LogP contribution in [0, 0.1) is 17.8 Å². The van der Waals surface area contributed by atoms with Gasteiger partial charge in [0.15, 0.2) is 0 Å². The van der Waals surface area contributed by atoms with Crippen molar-refractivity contribution in [2.45, 2.75) is 242 Å². The van der Waals surface area contributed by atoms with Gasteiger partial charge >= 0.3 is 11.9 Å². The summed E-state index contributed by atoms with van der Waals surface area (Å²) < 4.78 is 0. The lowest BCUT2D eigenvalue weighted by atomic mass is 9.97. The second-order valence-electron chi connectivity index (χ2n) is 33.0. The molecule has 1 aliphatic carbocycles. The van der Waals surface area contributed by atoms with E-state index < -0.39 is 274 Å². The normalized spacial score (nSPS) is 23.8. The van der Waals surface area contributed by atoms with E-state index in [0.717, 1.165) is 29.0 Å². The minimum atomic E-state index is -1.91. The molecule has 3 aliphatic heterocycles. The van der Waals surface area contributed by atoms with Gasteiger partial charge in [0.1, 0.15) is 84.2 Å². The highest BCUT2D eigenvalue weighted by atomic mass is 32.2. The SMILES string of the molecule is C=C1NC(=O)C(C(C)CC)NC(=O)C(Cc2ccccc2)NC(=O)C(CCC(N)=O)NC(=O)C(NC(=O)/C(=C/C)NC(=O)C2CCCN2C(=O)C(CC(C)C)NC(=O)C(=O)CC)C(C)SCC(C(=O)NCC(=O)NC(CCC(=O)O)C(=O)NC2C(=O)NC(Cc3ccccc3)C(=O)NC(CC3=CCc4ccccc43)C(=O)NC(C(C)C)C(=O)NC(C(=O)O)CSC2C)NC1=O. The van der Waals surface area contributed by atoms with Gasteiger partial charge in [-0.3, -0.25) is 91.1 Å². The van der Waals surface area contributed by atoms with Crippen LogP contribution in [-0.2, 0) is 115 Å². The van der Waals surface area contributed by atoms with Gasteiger partial charge in [-0.05, 0) is 91.0 Å². The molecule has 3 heterocycles. The largest absolute Gasteiger partial charge is 0.481 e. The fraction of sp³-hybridized carbons (Fsp3) is 0.506. The number of Topliss-reactive ketones (excluding diaryl/α,β-unsaturated/α-hetero) is 1. The standard InChI is InChI=1S/C89H119N17O22S2/c1-12-47(8)71-85(123)92-48(9)74(112)100-63(43-129-49(10)72(86(124)95-58(33-35-67(90)108)77(115)96-60(80(118)103-71)40-52-26-19-16-20-27-52)104-76(114)56(13-2)94-82(120)65-30-23-37-106(65)88(126)62(38-45(4)5)99-83(121)66(107)14-3)75(113)91-42-68(109)93-57(34-36-69(110)111)78(116)105-73-50(11)130-44-64(89(127)128)101-84(122)70(46(6)7)102-81(119)61(41-54-32-31-53-28-21-22-29-55(53)54)97-79(117)59(98-87(73)125)39-51-24-17-15-18-25-51/h13,15-22,24-29,32,45-47,49-50,57-65,70-73H,9,12,14,23,30-31,33-44H2,1-8,10-11H3,(H2,90,108)(H,91,113)(H,92,123)(H,93,109)(H,94,120)(H,95,124)(H,96,115)(H,97,117)(H,98,125)(H,99,121)(H,100,112)(H,101,122)(H,102,119)(H,103,118)(H,104,114)(H,105,116)(H,110,111)(H,127,128)/b56-13-. The number of hydrogen-bond donors (Lipinski definition) is 18. The molecule has 41 heteroatoms. The third-order valence-corrected chi connectivity index (χ3v) is 25.0. The zero-order chi connectivity index (χ0) is 95.9. The van der Waals surface area contributed by atoms with Gasteiger partial charge in [0, 0.05) is 67.1 Å². The lowest BCUT2D eigenvalue weighted by Crippen LogP contribution is -2.62. The molecule has 3 aromatic carbocycles. The number of aliphatic carboxylic acids is 2. The van der Waals surface area contributed by atoms with Gasteiger partial charge in [-0.1, -0.05) is 172 Å². The number of amides is 17. The number of fused-ring (bicyclic) bond motifs is 1. The third kappa shape index (κ3) is 31.0. The molecule has 3 saturated heterocycles. The molecular weight excluding hydrogens is 1720 g/mol. The molecule has 130 heavy (non-hydrogen) atoms. The molecule has 3 aromatic rings. The Morgan fingerprint density at radius 3 is 1.71 bits per heavy atom. The highest BCUT2D eigenvalue weighted by Gasteiger charge is 2.44. The van der Waals surface area contributed by atoms with Crippen LogP contribution >= 0.6 is 23.5 Å². The quantitative estimate of drug-likeness (QED) is 0.0271. The predicted molar refractivity (Wildman–Crippen MR) is 479 cm³/mol. The number of thioether (sulfide) groups is 2. The fourth-order valence-electron chi connectivity index (χ4n) is 14.7. The van der Waals surface area contributed by atoms with Gasteiger partial charge in [0.2, 0.25) is 88.5 Å². The summed E-state index contributed by atoms with van der Waals surface area (Å²) in [4.78, 5) is 285. The van der Waals surface area contributed by atoms with Gasteiger partial charge in [0.05, 0.1) is 12.2 Å². The number of primary amides is 1. The third-order valence-electron chi connectivity index (χ3n) is 22.3. The molecular formula is C89H119N17O22S2. The van der Waals surface area contributed by atoms with Crippen molar-refractivity contribution < 1.29 is 106 Å². The Hall–Kier alpha value is -12.8. The van der Waals surface area contributed by atoms with Crippen molar-refractivity contribution in [2.75, 3.05) is 24.6 Å². The molecule has 16 atom stereocenters. The Balaban J connectivity index is 1.22. The number of ketones is 1. The average molecular weight is 1840 g/mol. The van der Waals surface area contributed by atoms with Gasteiger partial charge in [-0.2, -0.15) is 23.5 Å². The van der Waals surface area contributed by atoms with Gasteiger partial charge in [-0.15, -0.1) is 0 Å². The summed E-state index contributed by atoms with van der Waals surface area (Å²) in [7, 11) is 0. The van der Waals surface area contributed by atoms with Crippen LogP contribution in [0.5, 0.6) is 0 Å². The van der Waals surface area contributed by atoms with E-state index in [2.05, 4.69) is 86.3 Å². The van der Waals surface area contributed by atoms with Crippen LogP contribution in [0.2, 0.25) is 0 Å². The minimum absolute atomic E-state index is 0.0286. The molecule has 4 aliphatic rings. The Morgan fingerprint density at radius 2 is 1.15 bits per heavy atom. The second-order valence-corrected chi connectivity index (χ2v) is 35.8. The summed E-state index contributed by atoms with van der Waals surface area (Å²) in [6.07, 6.45) is 0.827. The van der Waals surface area contributed by atoms with E-state index >= 15 is 14.4 Å². The Morgan fingerprint density at radius 1 is 0.600 bits per heavy atom. The van der Waals surface area contributed by atoms with Crippen molar-refractivity contribution in [3.8, 4) is 0 Å². The van der Waals surface area contributed by atoms with Gasteiger partial charge in [-0.25, -0.2) is 4.79 Å². The highest BCUT2D eigenvalue weighted by Crippen LogP contribution is 2.32. The van der Waals surface area contributed by atoms with Gasteiger partial charge < -0.3 is 101 Å². The molecule has 0 aromatic heterocycles. The summed E-state index contributed by atoms with van der Waals surface area (Å²) in [5.74, 6) is -24.0. The molecule has 39 nitrogen and oxygen atoms in total. The summed E-state index contributed by atoms with van der Waals surface area (Å²) in [6, 6.07) is 3.18. The Kier molecular flexibility index (Phi) is 40.3. The number of nitrogens with two attached hydrogens (primary N) is 1. The zero-order valence-electron chi connectivity index (χ0n) is 74.3. The topological polar surface area (TPSA) is 592 Å². The number of nitrogens with one attached hydrogen (secondary N) is 15. The second kappa shape index (κ2) is 50.2. The van der Waals surface area contributed by atoms with Crippen LogP contribution in [0.1, 0.15) is 156 Å². The summed E-state index contributed by atoms with van der Waals surface area (Å²) >= 11 is 1.44. The fourth-order valence-corrected chi connectivity index (χ4v) is 16.9. The number of nitrogens with zero attached hydrogens (tertiary/aromatic N) is 1. The molecule has 17 amide bonds. The van der Waals surface area contributed by atoms with E-state index in [-0.39, 0.29) is 63.8 Å². The average Bonchev–Trinajstić information content (AvgIpc) is 1.59. The maximum absolute atomic E-state index is 15.3. The van der Waals surface area contributed by atoms with Crippen LogP contribution in [-0.4, -0.2) is 247 Å². The summed E-state index contributed by atoms with van der Waals surface area (Å²) in [6.45, 7) is 18.3. The minimum Gasteiger partial charge on any atom is -0.481 e. The van der Waals surface area contributed by atoms with E-state index in [4.69, 9.17) is 5.73 Å². The van der Waals surface area contributed by atoms with E-state index in [9.17, 15) is 91.7 Å². The van der Waals surface area contributed by atoms with Crippen LogP contribution in [0.3, 0.4) is 0 Å². The lowest BCUT2D eigenvalue weighted by molar-refractivity contribution is -0.144. The van der Waals surface area contributed by atoms with Crippen molar-refractivity contribution >= 4 is 147 Å². The first-order valence-corrected chi connectivity index (χ1v) is 45.3. The molecule has 16 unspecified atom stereocenters. The Bertz CT molecular complexity index is 4780. The number of likely N-dealkylation sites (tertiary alicyclic amines) is 1. The van der Waals surface area contributed by atoms with Crippen LogP contribution in [0.25, 0.3) is 5.57 Å². The molecule has 0 radical (unpaired) electrons. The number of carboxylic acid groups (broad SMARTS) is 2. The first kappa shape index (κ1) is 104. The molecule has 0 bridgehead atoms. The lowest BCUT2D eigenvalue weighted by Gasteiger charge is -2.31. The summed E-state index contributed by atoms with van der Waals surface area (Å²) in [5, 5.41) is 56.1. The molecule has 704 valence electrons. The van der Waals surface area contributed by atoms with E-state index in [1.807, 2.05) is 24.3 Å². The summed E-state index contributed by atoms with van der Waals surface area (Å²) in [5.41, 5.74) is 7.80. The Labute approximate surface area is 761 Å². The molecule has 3 fully saturated rings. The van der Waals surface area contributed by atoms with E-state index in [1.165, 1.54) is 32.6 Å².